The SMILES string of the molecule is Cc1nc(-c2ccc(C(C)(C)C)cc2)nc(C)c1C(=O)NC(CNS(N)(=O)=O)C(=O)N(C)C1C(=O)NC(C)C(=O)NC(C(=O)NCC#N)Cc2cc(c(O)cc2OCCN)-c2cc1ccc2OCCN. The highest BCUT2D eigenvalue weighted by atomic mass is 32.2. The monoisotopic (exact) mass is 984 g/mol. The number of carbonyl (C=O) groups is 5. The molecule has 0 spiro atoms. The molecule has 2 heterocycles. The number of phenolic OH excluding ortho intramolecular Hbond substituents is 1. The molecule has 0 fully saturated rings. The minimum Gasteiger partial charge on any atom is -0.507 e. The molecule has 0 radical (unpaired) electrons. The highest BCUT2D eigenvalue weighted by Gasteiger charge is 2.37. The van der Waals surface area contributed by atoms with Gasteiger partial charge in [0.05, 0.1) is 23.0 Å². The number of hydrogen-bond donors (Lipinski definition) is 9. The molecule has 4 atom stereocenters. The van der Waals surface area contributed by atoms with Gasteiger partial charge < -0.3 is 52.2 Å². The number of phenols is 1. The van der Waals surface area contributed by atoms with Gasteiger partial charge >= 0.3 is 0 Å². The van der Waals surface area contributed by atoms with E-state index in [2.05, 4.69) is 56.7 Å². The van der Waals surface area contributed by atoms with E-state index in [1.54, 1.807) is 13.8 Å². The highest BCUT2D eigenvalue weighted by molar-refractivity contribution is 7.87. The van der Waals surface area contributed by atoms with Gasteiger partial charge in [0.2, 0.25) is 23.6 Å². The van der Waals surface area contributed by atoms with Crippen molar-refractivity contribution in [2.24, 2.45) is 16.6 Å². The molecule has 1 aliphatic heterocycles. The lowest BCUT2D eigenvalue weighted by molar-refractivity contribution is -0.141. The zero-order valence-corrected chi connectivity index (χ0v) is 40.8. The van der Waals surface area contributed by atoms with Gasteiger partial charge in [0.25, 0.3) is 16.1 Å². The molecule has 374 valence electrons. The van der Waals surface area contributed by atoms with E-state index >= 15 is 0 Å². The Balaban J connectivity index is 1.62. The van der Waals surface area contributed by atoms with Gasteiger partial charge in [-0.25, -0.2) is 15.1 Å². The number of nitrogens with one attached hydrogen (secondary N) is 5. The number of nitrogens with zero attached hydrogens (tertiary/aromatic N) is 4. The molecule has 70 heavy (non-hydrogen) atoms. The second-order valence-corrected chi connectivity index (χ2v) is 18.9. The van der Waals surface area contributed by atoms with Gasteiger partial charge in [0.1, 0.15) is 61.2 Å². The van der Waals surface area contributed by atoms with Crippen molar-refractivity contribution in [1.29, 1.82) is 5.26 Å². The van der Waals surface area contributed by atoms with Crippen molar-refractivity contribution in [1.82, 2.24) is 40.9 Å². The van der Waals surface area contributed by atoms with Crippen LogP contribution in [0.2, 0.25) is 0 Å². The molecule has 23 heteroatoms. The summed E-state index contributed by atoms with van der Waals surface area (Å²) in [7, 11) is -3.24. The van der Waals surface area contributed by atoms with Crippen molar-refractivity contribution in [3.8, 4) is 45.8 Å². The molecule has 0 aliphatic carbocycles. The highest BCUT2D eigenvalue weighted by Crippen LogP contribution is 2.42. The fourth-order valence-corrected chi connectivity index (χ4v) is 8.10. The van der Waals surface area contributed by atoms with Crippen molar-refractivity contribution in [3.05, 3.63) is 88.2 Å². The van der Waals surface area contributed by atoms with E-state index < -0.39 is 77.0 Å². The first-order chi connectivity index (χ1) is 33.0. The Bertz CT molecular complexity index is 2750. The van der Waals surface area contributed by atoms with E-state index in [4.69, 9.17) is 26.1 Å². The van der Waals surface area contributed by atoms with Crippen LogP contribution in [0.3, 0.4) is 0 Å². The molecule has 0 saturated carbocycles. The van der Waals surface area contributed by atoms with E-state index in [1.807, 2.05) is 30.3 Å². The van der Waals surface area contributed by atoms with Crippen LogP contribution in [0, 0.1) is 25.2 Å². The van der Waals surface area contributed by atoms with Gasteiger partial charge in [-0.15, -0.1) is 0 Å². The lowest BCUT2D eigenvalue weighted by atomic mass is 9.86. The third-order valence-electron chi connectivity index (χ3n) is 11.3. The maximum Gasteiger partial charge on any atom is 0.274 e. The van der Waals surface area contributed by atoms with Crippen LogP contribution >= 0.6 is 0 Å². The molecular formula is C47H60N12O10S. The van der Waals surface area contributed by atoms with Crippen LogP contribution in [0.1, 0.15) is 72.2 Å². The maximum absolute atomic E-state index is 14.8. The average molecular weight is 985 g/mol. The molecule has 3 aromatic carbocycles. The van der Waals surface area contributed by atoms with Gasteiger partial charge in [0, 0.05) is 55.9 Å². The summed E-state index contributed by atoms with van der Waals surface area (Å²) in [6.07, 6.45) is -0.226. The second-order valence-electron chi connectivity index (χ2n) is 17.6. The lowest BCUT2D eigenvalue weighted by Crippen LogP contribution is -2.57. The van der Waals surface area contributed by atoms with Gasteiger partial charge in [0.15, 0.2) is 5.82 Å². The van der Waals surface area contributed by atoms with Crippen molar-refractivity contribution < 1.29 is 47.0 Å². The quantitative estimate of drug-likeness (QED) is 0.0686. The number of aryl methyl sites for hydroxylation is 2. The fourth-order valence-electron chi connectivity index (χ4n) is 7.70. The second kappa shape index (κ2) is 22.9. The first-order valence-corrected chi connectivity index (χ1v) is 23.7. The molecule has 12 N–H and O–H groups in total. The molecule has 4 aromatic rings. The first kappa shape index (κ1) is 53.7. The Hall–Kier alpha value is -7.23. The number of benzene rings is 3. The number of aromatic nitrogens is 2. The van der Waals surface area contributed by atoms with Gasteiger partial charge in [-0.3, -0.25) is 24.0 Å². The third-order valence-corrected chi connectivity index (χ3v) is 11.8. The maximum atomic E-state index is 14.8. The summed E-state index contributed by atoms with van der Waals surface area (Å²) in [4.78, 5) is 81.0. The molecule has 5 rings (SSSR count). The minimum atomic E-state index is -4.46. The Morgan fingerprint density at radius 1 is 0.943 bits per heavy atom. The normalized spacial score (nSPS) is 16.6. The predicted molar refractivity (Wildman–Crippen MR) is 258 cm³/mol. The van der Waals surface area contributed by atoms with E-state index in [1.165, 1.54) is 44.3 Å². The van der Waals surface area contributed by atoms with E-state index in [0.717, 1.165) is 10.5 Å². The van der Waals surface area contributed by atoms with E-state index in [-0.39, 0.29) is 89.0 Å². The summed E-state index contributed by atoms with van der Waals surface area (Å²) in [5.74, 6) is -4.08. The first-order valence-electron chi connectivity index (χ1n) is 22.2. The number of fused-ring (bicyclic) bond motifs is 5. The summed E-state index contributed by atoms with van der Waals surface area (Å²) >= 11 is 0. The number of nitriles is 1. The smallest absolute Gasteiger partial charge is 0.274 e. The molecule has 4 unspecified atom stereocenters. The third kappa shape index (κ3) is 13.3. The van der Waals surface area contributed by atoms with Crippen molar-refractivity contribution in [2.45, 2.75) is 77.5 Å². The molecule has 4 bridgehead atoms. The standard InChI is InChI=1S/C47H60N12O10S/c1-25-39(26(2)55-41(54-25)28-8-11-31(12-9-28)47(4,5)6)44(63)58-35(24-53-70(51,66)67)46(65)59(7)40-29-10-13-37(68-18-15-49)33(20-29)32-21-30(38(23-36(32)60)69-19-16-50)22-34(43(62)52-17-14-48)57-42(61)27(3)56-45(40)64/h8-13,20-21,23,27,34-35,40,53,60H,15-19,22,24,49-50H2,1-7H3,(H,52,62)(H,56,64)(H,57,61)(H,58,63)(H2,51,66,67). The largest absolute Gasteiger partial charge is 0.507 e. The Kier molecular flexibility index (Phi) is 17.6. The van der Waals surface area contributed by atoms with Crippen LogP contribution in [0.25, 0.3) is 22.5 Å². The Morgan fingerprint density at radius 2 is 1.57 bits per heavy atom. The number of likely N-dealkylation sites (N-methyl/N-ethyl adjacent to an activating group) is 1. The fraction of sp³-hybridized carbons (Fsp3) is 0.404. The van der Waals surface area contributed by atoms with E-state index in [0.29, 0.717) is 17.0 Å². The minimum absolute atomic E-state index is 0.00219. The van der Waals surface area contributed by atoms with Gasteiger partial charge in [-0.2, -0.15) is 18.4 Å². The Labute approximate surface area is 406 Å². The van der Waals surface area contributed by atoms with Crippen LogP contribution in [0.5, 0.6) is 17.2 Å². The lowest BCUT2D eigenvalue weighted by Gasteiger charge is -2.32. The number of aromatic hydroxyl groups is 1. The van der Waals surface area contributed by atoms with Crippen molar-refractivity contribution in [3.63, 3.8) is 0 Å². The molecule has 22 nitrogen and oxygen atoms in total. The number of ether oxygens (including phenoxy) is 2. The summed E-state index contributed by atoms with van der Waals surface area (Å²) in [6, 6.07) is 10.6. The average Bonchev–Trinajstić information content (AvgIpc) is 3.29. The van der Waals surface area contributed by atoms with E-state index in [9.17, 15) is 42.8 Å². The topological polar surface area (TPSA) is 349 Å². The summed E-state index contributed by atoms with van der Waals surface area (Å²) in [6.45, 7) is 9.79. The summed E-state index contributed by atoms with van der Waals surface area (Å²) in [5, 5.41) is 36.3. The van der Waals surface area contributed by atoms with Crippen LogP contribution in [-0.4, -0.2) is 122 Å². The van der Waals surface area contributed by atoms with Gasteiger partial charge in [-0.05, 0) is 61.1 Å². The van der Waals surface area contributed by atoms with Crippen LogP contribution in [0.15, 0.2) is 54.6 Å². The van der Waals surface area contributed by atoms with Crippen LogP contribution in [0.4, 0.5) is 0 Å². The summed E-state index contributed by atoms with van der Waals surface area (Å²) in [5.41, 5.74) is 14.4. The number of hydrogen-bond acceptors (Lipinski definition) is 15. The molecular weight excluding hydrogens is 925 g/mol. The molecule has 0 saturated heterocycles. The molecule has 1 aromatic heterocycles. The molecule has 1 aliphatic rings. The number of amides is 5. The zero-order valence-electron chi connectivity index (χ0n) is 40.0. The number of carbonyl (C=O) groups excluding carboxylic acids is 5. The van der Waals surface area contributed by atoms with Gasteiger partial charge in [-0.1, -0.05) is 51.1 Å². The Morgan fingerprint density at radius 3 is 2.16 bits per heavy atom. The van der Waals surface area contributed by atoms with Crippen molar-refractivity contribution in [2.75, 3.05) is 46.4 Å². The van der Waals surface area contributed by atoms with Crippen molar-refractivity contribution >= 4 is 39.7 Å². The zero-order chi connectivity index (χ0) is 51.7. The van der Waals surface area contributed by atoms with Crippen LogP contribution < -0.4 is 52.1 Å². The number of nitrogens with two attached hydrogens (primary N) is 3. The summed E-state index contributed by atoms with van der Waals surface area (Å²) < 4.78 is 38.4. The number of rotatable bonds is 16. The van der Waals surface area contributed by atoms with Crippen LogP contribution in [-0.2, 0) is 41.2 Å². The molecule has 5 amide bonds. The predicted octanol–water partition coefficient (Wildman–Crippen LogP) is 0.382.